The van der Waals surface area contributed by atoms with Gasteiger partial charge in [0.05, 0.1) is 37.3 Å². The molecule has 2 aliphatic rings. The zero-order valence-corrected chi connectivity index (χ0v) is 14.3. The van der Waals surface area contributed by atoms with Crippen molar-refractivity contribution in [3.05, 3.63) is 54.2 Å². The van der Waals surface area contributed by atoms with Crippen molar-refractivity contribution in [2.45, 2.75) is 31.5 Å². The number of hydrogen-bond donors (Lipinski definition) is 1. The van der Waals surface area contributed by atoms with E-state index in [2.05, 4.69) is 10.3 Å². The number of nitrogens with zero attached hydrogens (tertiary/aromatic N) is 2. The first-order chi connectivity index (χ1) is 12.7. The average molecular weight is 355 g/mol. The molecule has 0 radical (unpaired) electrons. The second-order valence-electron chi connectivity index (χ2n) is 6.64. The highest BCUT2D eigenvalue weighted by Gasteiger charge is 2.50. The number of carbonyl (C=O) groups excluding carboxylic acids is 2. The molecule has 0 spiro atoms. The van der Waals surface area contributed by atoms with Gasteiger partial charge in [-0.2, -0.15) is 0 Å². The molecule has 0 saturated carbocycles. The van der Waals surface area contributed by atoms with Crippen LogP contribution in [-0.4, -0.2) is 47.0 Å². The SMILES string of the molecule is O=C(NCc1ccco1)C1CN(C(=O)Cc2ccccn2)C2CCOC12. The fourth-order valence-electron chi connectivity index (χ4n) is 3.77. The molecule has 2 aromatic heterocycles. The van der Waals surface area contributed by atoms with Crippen molar-refractivity contribution in [2.24, 2.45) is 5.92 Å². The minimum absolute atomic E-state index is 0.00876. The summed E-state index contributed by atoms with van der Waals surface area (Å²) in [6.07, 6.45) is 4.02. The lowest BCUT2D eigenvalue weighted by atomic mass is 10.0. The zero-order valence-electron chi connectivity index (χ0n) is 14.3. The predicted octanol–water partition coefficient (Wildman–Crippen LogP) is 1.15. The first-order valence-electron chi connectivity index (χ1n) is 8.83. The first kappa shape index (κ1) is 16.8. The van der Waals surface area contributed by atoms with Crippen LogP contribution in [-0.2, 0) is 27.3 Å². The molecule has 3 unspecified atom stereocenters. The van der Waals surface area contributed by atoms with Gasteiger partial charge in [0.25, 0.3) is 0 Å². The Morgan fingerprint density at radius 1 is 1.27 bits per heavy atom. The first-order valence-corrected chi connectivity index (χ1v) is 8.83. The number of nitrogens with one attached hydrogen (secondary N) is 1. The molecule has 1 N–H and O–H groups in total. The van der Waals surface area contributed by atoms with Gasteiger partial charge in [-0.15, -0.1) is 0 Å². The van der Waals surface area contributed by atoms with Gasteiger partial charge in [-0.25, -0.2) is 0 Å². The molecular weight excluding hydrogens is 334 g/mol. The smallest absolute Gasteiger partial charge is 0.228 e. The maximum Gasteiger partial charge on any atom is 0.228 e. The van der Waals surface area contributed by atoms with Gasteiger partial charge < -0.3 is 19.4 Å². The third-order valence-corrected chi connectivity index (χ3v) is 5.03. The van der Waals surface area contributed by atoms with Crippen LogP contribution in [0, 0.1) is 5.92 Å². The van der Waals surface area contributed by atoms with Crippen LogP contribution in [0.1, 0.15) is 17.9 Å². The molecule has 0 aliphatic carbocycles. The summed E-state index contributed by atoms with van der Waals surface area (Å²) in [4.78, 5) is 31.4. The Bertz CT molecular complexity index is 762. The zero-order chi connectivity index (χ0) is 17.9. The van der Waals surface area contributed by atoms with E-state index in [9.17, 15) is 9.59 Å². The van der Waals surface area contributed by atoms with Gasteiger partial charge in [-0.05, 0) is 30.7 Å². The molecule has 0 bridgehead atoms. The van der Waals surface area contributed by atoms with E-state index >= 15 is 0 Å². The highest BCUT2D eigenvalue weighted by molar-refractivity contribution is 5.84. The molecule has 7 heteroatoms. The number of fused-ring (bicyclic) bond motifs is 1. The van der Waals surface area contributed by atoms with Crippen LogP contribution in [0.2, 0.25) is 0 Å². The molecule has 26 heavy (non-hydrogen) atoms. The summed E-state index contributed by atoms with van der Waals surface area (Å²) < 4.78 is 11.0. The molecule has 3 atom stereocenters. The van der Waals surface area contributed by atoms with E-state index in [4.69, 9.17) is 9.15 Å². The van der Waals surface area contributed by atoms with Crippen LogP contribution >= 0.6 is 0 Å². The molecule has 7 nitrogen and oxygen atoms in total. The monoisotopic (exact) mass is 355 g/mol. The number of hydrogen-bond acceptors (Lipinski definition) is 5. The Balaban J connectivity index is 1.41. The summed E-state index contributed by atoms with van der Waals surface area (Å²) in [5.74, 6) is 0.227. The standard InChI is InChI=1S/C19H21N3O4/c23-17(10-13-4-1-2-7-20-13)22-12-15(18-16(22)6-9-26-18)19(24)21-11-14-5-3-8-25-14/h1-5,7-8,15-16,18H,6,9-12H2,(H,21,24). The molecule has 2 aromatic rings. The lowest BCUT2D eigenvalue weighted by molar-refractivity contribution is -0.131. The summed E-state index contributed by atoms with van der Waals surface area (Å²) in [6, 6.07) is 9.09. The van der Waals surface area contributed by atoms with Crippen molar-refractivity contribution in [3.8, 4) is 0 Å². The van der Waals surface area contributed by atoms with E-state index in [1.165, 1.54) is 0 Å². The van der Waals surface area contributed by atoms with E-state index in [-0.39, 0.29) is 36.3 Å². The lowest BCUT2D eigenvalue weighted by Crippen LogP contribution is -2.38. The summed E-state index contributed by atoms with van der Waals surface area (Å²) in [5.41, 5.74) is 0.735. The van der Waals surface area contributed by atoms with Crippen LogP contribution in [0.4, 0.5) is 0 Å². The number of rotatable bonds is 5. The van der Waals surface area contributed by atoms with Gasteiger partial charge in [0.15, 0.2) is 0 Å². The summed E-state index contributed by atoms with van der Waals surface area (Å²) in [6.45, 7) is 1.29. The van der Waals surface area contributed by atoms with Crippen molar-refractivity contribution in [2.75, 3.05) is 13.2 Å². The number of pyridine rings is 1. The Kier molecular flexibility index (Phi) is 4.71. The van der Waals surface area contributed by atoms with Gasteiger partial charge in [0, 0.05) is 25.0 Å². The van der Waals surface area contributed by atoms with E-state index in [1.807, 2.05) is 24.3 Å². The van der Waals surface area contributed by atoms with Crippen LogP contribution < -0.4 is 5.32 Å². The van der Waals surface area contributed by atoms with E-state index < -0.39 is 0 Å². The topological polar surface area (TPSA) is 84.7 Å². The quantitative estimate of drug-likeness (QED) is 0.870. The van der Waals surface area contributed by atoms with Crippen LogP contribution in [0.3, 0.4) is 0 Å². The third kappa shape index (κ3) is 3.35. The lowest BCUT2D eigenvalue weighted by Gasteiger charge is -2.22. The minimum Gasteiger partial charge on any atom is -0.467 e. The van der Waals surface area contributed by atoms with Crippen molar-refractivity contribution in [3.63, 3.8) is 0 Å². The Hall–Kier alpha value is -2.67. The van der Waals surface area contributed by atoms with E-state index in [0.717, 1.165) is 12.1 Å². The van der Waals surface area contributed by atoms with Crippen molar-refractivity contribution in [1.29, 1.82) is 0 Å². The second kappa shape index (κ2) is 7.29. The Labute approximate surface area is 151 Å². The van der Waals surface area contributed by atoms with E-state index in [1.54, 1.807) is 23.4 Å². The van der Waals surface area contributed by atoms with E-state index in [0.29, 0.717) is 25.5 Å². The highest BCUT2D eigenvalue weighted by atomic mass is 16.5. The molecule has 2 fully saturated rings. The maximum atomic E-state index is 12.8. The Morgan fingerprint density at radius 2 is 2.19 bits per heavy atom. The number of likely N-dealkylation sites (tertiary alicyclic amines) is 1. The van der Waals surface area contributed by atoms with Crippen molar-refractivity contribution in [1.82, 2.24) is 15.2 Å². The van der Waals surface area contributed by atoms with Crippen LogP contribution in [0.25, 0.3) is 0 Å². The summed E-state index contributed by atoms with van der Waals surface area (Å²) >= 11 is 0. The predicted molar refractivity (Wildman–Crippen MR) is 91.8 cm³/mol. The molecular formula is C19H21N3O4. The number of furan rings is 1. The Morgan fingerprint density at radius 3 is 2.96 bits per heavy atom. The minimum atomic E-state index is -0.356. The second-order valence-corrected chi connectivity index (χ2v) is 6.64. The third-order valence-electron chi connectivity index (χ3n) is 5.03. The van der Waals surface area contributed by atoms with Crippen LogP contribution in [0.5, 0.6) is 0 Å². The molecule has 2 aliphatic heterocycles. The molecule has 0 aromatic carbocycles. The fraction of sp³-hybridized carbons (Fsp3) is 0.421. The van der Waals surface area contributed by atoms with Crippen LogP contribution in [0.15, 0.2) is 47.2 Å². The normalized spacial score (nSPS) is 24.5. The van der Waals surface area contributed by atoms with Crippen molar-refractivity contribution < 1.29 is 18.7 Å². The number of carbonyl (C=O) groups is 2. The average Bonchev–Trinajstić information content (AvgIpc) is 3.38. The maximum absolute atomic E-state index is 12.8. The molecule has 2 saturated heterocycles. The summed E-state index contributed by atoms with van der Waals surface area (Å²) in [5, 5.41) is 2.89. The molecule has 136 valence electrons. The van der Waals surface area contributed by atoms with Gasteiger partial charge in [-0.3, -0.25) is 14.6 Å². The summed E-state index contributed by atoms with van der Waals surface area (Å²) in [7, 11) is 0. The number of ether oxygens (including phenoxy) is 1. The fourth-order valence-corrected chi connectivity index (χ4v) is 3.77. The highest BCUT2D eigenvalue weighted by Crippen LogP contribution is 2.34. The molecule has 4 heterocycles. The van der Waals surface area contributed by atoms with Crippen molar-refractivity contribution >= 4 is 11.8 Å². The largest absolute Gasteiger partial charge is 0.467 e. The molecule has 2 amide bonds. The van der Waals surface area contributed by atoms with Gasteiger partial charge >= 0.3 is 0 Å². The molecule has 4 rings (SSSR count). The van der Waals surface area contributed by atoms with Gasteiger partial charge in [-0.1, -0.05) is 6.07 Å². The van der Waals surface area contributed by atoms with Gasteiger partial charge in [0.2, 0.25) is 11.8 Å². The number of amides is 2. The number of aromatic nitrogens is 1. The van der Waals surface area contributed by atoms with Gasteiger partial charge in [0.1, 0.15) is 5.76 Å².